The molecule has 4 aromatic rings. The Kier molecular flexibility index (Phi) is 4.70. The zero-order valence-electron chi connectivity index (χ0n) is 16.1. The van der Waals surface area contributed by atoms with Gasteiger partial charge in [-0.15, -0.1) is 0 Å². The number of aromatic nitrogens is 2. The quantitative estimate of drug-likeness (QED) is 0.393. The summed E-state index contributed by atoms with van der Waals surface area (Å²) in [6.45, 7) is 3.97. The lowest BCUT2D eigenvalue weighted by atomic mass is 10.1. The molecule has 7 heteroatoms. The molecular weight excluding hydrogens is 391 g/mol. The van der Waals surface area contributed by atoms with Crippen molar-refractivity contribution in [3.05, 3.63) is 76.8 Å². The Bertz CT molecular complexity index is 1280. The summed E-state index contributed by atoms with van der Waals surface area (Å²) >= 11 is 0. The molecule has 30 heavy (non-hydrogen) atoms. The van der Waals surface area contributed by atoms with Crippen LogP contribution in [-0.4, -0.2) is 9.97 Å². The van der Waals surface area contributed by atoms with Gasteiger partial charge >= 0.3 is 6.18 Å². The first-order chi connectivity index (χ1) is 14.3. The molecule has 0 saturated carbocycles. The molecule has 150 valence electrons. The summed E-state index contributed by atoms with van der Waals surface area (Å²) in [5, 5.41) is 9.58. The summed E-state index contributed by atoms with van der Waals surface area (Å²) in [5.41, 5.74) is 3.09. The highest BCUT2D eigenvalue weighted by molar-refractivity contribution is 5.90. The molecule has 2 heterocycles. The monoisotopic (exact) mass is 407 g/mol. The number of nitrogens with zero attached hydrogens (tertiary/aromatic N) is 2. The largest absolute Gasteiger partial charge is 0.457 e. The number of alkyl halides is 3. The average molecular weight is 407 g/mol. The van der Waals surface area contributed by atoms with Gasteiger partial charge in [0.25, 0.3) is 0 Å². The van der Waals surface area contributed by atoms with Crippen molar-refractivity contribution in [3.63, 3.8) is 0 Å². The van der Waals surface area contributed by atoms with Gasteiger partial charge in [-0.2, -0.15) is 18.4 Å². The van der Waals surface area contributed by atoms with E-state index in [2.05, 4.69) is 16.0 Å². The summed E-state index contributed by atoms with van der Waals surface area (Å²) in [6, 6.07) is 14.1. The molecule has 2 aromatic heterocycles. The molecule has 4 rings (SSSR count). The van der Waals surface area contributed by atoms with Gasteiger partial charge in [-0.05, 0) is 55.3 Å². The number of allylic oxidation sites excluding steroid dienone is 1. The van der Waals surface area contributed by atoms with Crippen molar-refractivity contribution in [2.45, 2.75) is 20.0 Å². The van der Waals surface area contributed by atoms with Gasteiger partial charge in [0.1, 0.15) is 23.4 Å². The molecule has 0 fully saturated rings. The van der Waals surface area contributed by atoms with E-state index in [9.17, 15) is 18.4 Å². The van der Waals surface area contributed by atoms with Crippen LogP contribution in [0, 0.1) is 25.2 Å². The van der Waals surface area contributed by atoms with E-state index in [4.69, 9.17) is 4.42 Å². The number of furan rings is 1. The second-order valence-electron chi connectivity index (χ2n) is 6.95. The molecule has 0 amide bonds. The minimum atomic E-state index is -4.50. The molecule has 0 spiro atoms. The first kappa shape index (κ1) is 19.5. The molecule has 0 unspecified atom stereocenters. The van der Waals surface area contributed by atoms with Crippen LogP contribution in [0.2, 0.25) is 0 Å². The van der Waals surface area contributed by atoms with E-state index in [0.717, 1.165) is 28.2 Å². The number of imidazole rings is 1. The molecule has 0 aliphatic rings. The summed E-state index contributed by atoms with van der Waals surface area (Å²) in [5.74, 6) is 0.694. The van der Waals surface area contributed by atoms with Crippen molar-refractivity contribution in [2.24, 2.45) is 0 Å². The van der Waals surface area contributed by atoms with Crippen molar-refractivity contribution in [1.82, 2.24) is 9.97 Å². The number of hydrogen-bond donors (Lipinski definition) is 1. The third kappa shape index (κ3) is 3.60. The molecule has 0 radical (unpaired) electrons. The van der Waals surface area contributed by atoms with Crippen molar-refractivity contribution in [2.75, 3.05) is 0 Å². The molecule has 0 saturated heterocycles. The van der Waals surface area contributed by atoms with Crippen molar-refractivity contribution < 1.29 is 17.6 Å². The molecule has 0 aliphatic carbocycles. The number of fused-ring (bicyclic) bond motifs is 1. The Morgan fingerprint density at radius 3 is 2.57 bits per heavy atom. The topological polar surface area (TPSA) is 65.6 Å². The summed E-state index contributed by atoms with van der Waals surface area (Å²) in [4.78, 5) is 7.57. The van der Waals surface area contributed by atoms with E-state index in [1.165, 1.54) is 36.4 Å². The van der Waals surface area contributed by atoms with Gasteiger partial charge < -0.3 is 9.40 Å². The van der Waals surface area contributed by atoms with Crippen LogP contribution >= 0.6 is 0 Å². The van der Waals surface area contributed by atoms with E-state index < -0.39 is 11.7 Å². The van der Waals surface area contributed by atoms with Crippen LogP contribution in [-0.2, 0) is 6.18 Å². The Balaban J connectivity index is 1.73. The average Bonchev–Trinajstić information content (AvgIpc) is 3.32. The van der Waals surface area contributed by atoms with E-state index >= 15 is 0 Å². The Morgan fingerprint density at radius 1 is 1.10 bits per heavy atom. The lowest BCUT2D eigenvalue weighted by Crippen LogP contribution is -2.06. The van der Waals surface area contributed by atoms with Crippen LogP contribution in [0.1, 0.15) is 28.3 Å². The van der Waals surface area contributed by atoms with Crippen LogP contribution in [0.15, 0.2) is 52.9 Å². The van der Waals surface area contributed by atoms with E-state index in [1.54, 1.807) is 0 Å². The number of rotatable bonds is 3. The minimum absolute atomic E-state index is 0.0576. The fraction of sp³-hybridized carbons (Fsp3) is 0.130. The maximum atomic E-state index is 13.3. The second-order valence-corrected chi connectivity index (χ2v) is 6.95. The normalized spacial score (nSPS) is 12.3. The SMILES string of the molecule is Cc1cc2nc(C(C#N)=Cc3ccc(-c4ccccc4C(F)(F)F)o3)[nH]c2cc1C. The summed E-state index contributed by atoms with van der Waals surface area (Å²) in [7, 11) is 0. The standard InChI is InChI=1S/C23H16F3N3O/c1-13-9-19-20(10-14(13)2)29-22(28-19)15(12-27)11-16-7-8-21(30-16)17-5-3-4-6-18(17)23(24,25)26/h3-11H,1-2H3,(H,28,29). The van der Waals surface area contributed by atoms with Crippen molar-refractivity contribution in [1.29, 1.82) is 5.26 Å². The highest BCUT2D eigenvalue weighted by Crippen LogP contribution is 2.37. The smallest absolute Gasteiger partial charge is 0.417 e. The molecular formula is C23H16F3N3O. The number of H-pyrrole nitrogens is 1. The number of nitriles is 1. The van der Waals surface area contributed by atoms with Gasteiger partial charge in [0, 0.05) is 11.6 Å². The second kappa shape index (κ2) is 7.23. The Labute approximate surface area is 170 Å². The van der Waals surface area contributed by atoms with Crippen LogP contribution in [0.4, 0.5) is 13.2 Å². The van der Waals surface area contributed by atoms with Crippen LogP contribution in [0.25, 0.3) is 34.0 Å². The van der Waals surface area contributed by atoms with Gasteiger partial charge in [-0.3, -0.25) is 0 Å². The van der Waals surface area contributed by atoms with Gasteiger partial charge in [0.05, 0.1) is 22.2 Å². The predicted octanol–water partition coefficient (Wildman–Crippen LogP) is 6.52. The van der Waals surface area contributed by atoms with E-state index in [0.29, 0.717) is 5.82 Å². The first-order valence-electron chi connectivity index (χ1n) is 9.12. The number of benzene rings is 2. The molecule has 2 aromatic carbocycles. The molecule has 0 aliphatic heterocycles. The highest BCUT2D eigenvalue weighted by atomic mass is 19.4. The number of halogens is 3. The van der Waals surface area contributed by atoms with E-state index in [1.807, 2.05) is 26.0 Å². The first-order valence-corrected chi connectivity index (χ1v) is 9.12. The fourth-order valence-corrected chi connectivity index (χ4v) is 3.21. The number of aromatic amines is 1. The zero-order valence-corrected chi connectivity index (χ0v) is 16.1. The third-order valence-corrected chi connectivity index (χ3v) is 4.88. The maximum absolute atomic E-state index is 13.3. The van der Waals surface area contributed by atoms with Gasteiger partial charge in [0.15, 0.2) is 0 Å². The van der Waals surface area contributed by atoms with Crippen molar-refractivity contribution in [3.8, 4) is 17.4 Å². The minimum Gasteiger partial charge on any atom is -0.457 e. The lowest BCUT2D eigenvalue weighted by molar-refractivity contribution is -0.137. The number of aryl methyl sites for hydroxylation is 2. The molecule has 4 nitrogen and oxygen atoms in total. The Hall–Kier alpha value is -3.79. The Morgan fingerprint density at radius 2 is 1.83 bits per heavy atom. The summed E-state index contributed by atoms with van der Waals surface area (Å²) in [6.07, 6.45) is -3.04. The van der Waals surface area contributed by atoms with Gasteiger partial charge in [0.2, 0.25) is 0 Å². The van der Waals surface area contributed by atoms with Crippen LogP contribution < -0.4 is 0 Å². The van der Waals surface area contributed by atoms with Gasteiger partial charge in [-0.25, -0.2) is 4.98 Å². The summed E-state index contributed by atoms with van der Waals surface area (Å²) < 4.78 is 45.4. The molecule has 0 atom stereocenters. The van der Waals surface area contributed by atoms with E-state index in [-0.39, 0.29) is 22.7 Å². The number of hydrogen-bond acceptors (Lipinski definition) is 3. The van der Waals surface area contributed by atoms with Crippen LogP contribution in [0.5, 0.6) is 0 Å². The molecule has 1 N–H and O–H groups in total. The zero-order chi connectivity index (χ0) is 21.5. The number of nitrogens with one attached hydrogen (secondary N) is 1. The predicted molar refractivity (Wildman–Crippen MR) is 108 cm³/mol. The van der Waals surface area contributed by atoms with Gasteiger partial charge in [-0.1, -0.05) is 18.2 Å². The highest BCUT2D eigenvalue weighted by Gasteiger charge is 2.34. The lowest BCUT2D eigenvalue weighted by Gasteiger charge is -2.10. The maximum Gasteiger partial charge on any atom is 0.417 e. The van der Waals surface area contributed by atoms with Crippen LogP contribution in [0.3, 0.4) is 0 Å². The van der Waals surface area contributed by atoms with Crippen molar-refractivity contribution >= 4 is 22.7 Å². The fourth-order valence-electron chi connectivity index (χ4n) is 3.21. The third-order valence-electron chi connectivity index (χ3n) is 4.88. The molecule has 0 bridgehead atoms.